The van der Waals surface area contributed by atoms with Crippen molar-refractivity contribution in [1.29, 1.82) is 5.41 Å². The highest BCUT2D eigenvalue weighted by atomic mass is 16.6. The molecule has 0 aliphatic heterocycles. The molecule has 0 unspecified atom stereocenters. The van der Waals surface area contributed by atoms with E-state index in [9.17, 15) is 4.79 Å². The fourth-order valence-corrected chi connectivity index (χ4v) is 1.05. The summed E-state index contributed by atoms with van der Waals surface area (Å²) in [5, 5.41) is 7.02. The maximum atomic E-state index is 11.6. The first-order valence-electron chi connectivity index (χ1n) is 4.76. The van der Waals surface area contributed by atoms with Gasteiger partial charge in [0.2, 0.25) is 0 Å². The van der Waals surface area contributed by atoms with Gasteiger partial charge in [0.25, 0.3) is 0 Å². The topological polar surface area (TPSA) is 50.2 Å². The largest absolute Gasteiger partial charge is 0.456 e. The average Bonchev–Trinajstić information content (AvgIpc) is 2.15. The Balaban J connectivity index is 2.79. The van der Waals surface area contributed by atoms with Gasteiger partial charge in [-0.05, 0) is 38.5 Å². The molecular weight excluding hydrogens is 190 g/mol. The molecule has 0 fully saturated rings. The van der Waals surface area contributed by atoms with E-state index in [1.165, 1.54) is 6.21 Å². The molecule has 0 amide bonds. The van der Waals surface area contributed by atoms with Crippen molar-refractivity contribution in [3.63, 3.8) is 0 Å². The van der Waals surface area contributed by atoms with Gasteiger partial charge in [-0.2, -0.15) is 0 Å². The zero-order chi connectivity index (χ0) is 11.5. The Bertz CT molecular complexity index is 360. The molecule has 0 aliphatic rings. The van der Waals surface area contributed by atoms with Gasteiger partial charge in [-0.25, -0.2) is 4.79 Å². The van der Waals surface area contributed by atoms with E-state index >= 15 is 0 Å². The molecule has 0 bridgehead atoms. The summed E-state index contributed by atoms with van der Waals surface area (Å²) in [5.74, 6) is -0.334. The van der Waals surface area contributed by atoms with Crippen LogP contribution in [0.15, 0.2) is 24.3 Å². The number of hydrogen-bond acceptors (Lipinski definition) is 3. The van der Waals surface area contributed by atoms with Gasteiger partial charge in [-0.1, -0.05) is 12.1 Å². The third-order valence-electron chi connectivity index (χ3n) is 1.71. The molecule has 3 heteroatoms. The quantitative estimate of drug-likeness (QED) is 0.596. The summed E-state index contributed by atoms with van der Waals surface area (Å²) in [6.45, 7) is 5.49. The predicted molar refractivity (Wildman–Crippen MR) is 59.5 cm³/mol. The van der Waals surface area contributed by atoms with Crippen LogP contribution in [0.25, 0.3) is 0 Å². The molecule has 1 N–H and O–H groups in total. The third-order valence-corrected chi connectivity index (χ3v) is 1.71. The monoisotopic (exact) mass is 205 g/mol. The molecule has 0 radical (unpaired) electrons. The van der Waals surface area contributed by atoms with E-state index < -0.39 is 5.60 Å². The zero-order valence-electron chi connectivity index (χ0n) is 9.20. The zero-order valence-corrected chi connectivity index (χ0v) is 9.20. The minimum Gasteiger partial charge on any atom is -0.456 e. The lowest BCUT2D eigenvalue weighted by Gasteiger charge is -2.19. The lowest BCUT2D eigenvalue weighted by molar-refractivity contribution is 0.00696. The molecule has 1 aromatic carbocycles. The summed E-state index contributed by atoms with van der Waals surface area (Å²) in [4.78, 5) is 11.6. The Kier molecular flexibility index (Phi) is 3.24. The first kappa shape index (κ1) is 11.4. The number of carbonyl (C=O) groups is 1. The lowest BCUT2D eigenvalue weighted by Crippen LogP contribution is -2.23. The molecule has 0 aliphatic carbocycles. The van der Waals surface area contributed by atoms with Crippen LogP contribution in [0.1, 0.15) is 36.7 Å². The van der Waals surface area contributed by atoms with Gasteiger partial charge < -0.3 is 10.1 Å². The molecule has 0 saturated heterocycles. The SMILES string of the molecule is CC(C)(C)OC(=O)c1ccc(C=N)cc1. The summed E-state index contributed by atoms with van der Waals surface area (Å²) < 4.78 is 5.20. The smallest absolute Gasteiger partial charge is 0.338 e. The summed E-state index contributed by atoms with van der Waals surface area (Å²) in [6, 6.07) is 6.75. The fourth-order valence-electron chi connectivity index (χ4n) is 1.05. The average molecular weight is 205 g/mol. The molecule has 0 saturated carbocycles. The molecule has 0 atom stereocenters. The van der Waals surface area contributed by atoms with Crippen molar-refractivity contribution < 1.29 is 9.53 Å². The van der Waals surface area contributed by atoms with Crippen LogP contribution in [0.5, 0.6) is 0 Å². The first-order valence-corrected chi connectivity index (χ1v) is 4.76. The Hall–Kier alpha value is -1.64. The molecule has 15 heavy (non-hydrogen) atoms. The van der Waals surface area contributed by atoms with Crippen molar-refractivity contribution in [3.05, 3.63) is 35.4 Å². The summed E-state index contributed by atoms with van der Waals surface area (Å²) in [6.07, 6.45) is 1.23. The first-order chi connectivity index (χ1) is 6.92. The number of esters is 1. The van der Waals surface area contributed by atoms with Crippen LogP contribution in [0.2, 0.25) is 0 Å². The second-order valence-electron chi connectivity index (χ2n) is 4.27. The van der Waals surface area contributed by atoms with Crippen molar-refractivity contribution in [3.8, 4) is 0 Å². The highest BCUT2D eigenvalue weighted by molar-refractivity contribution is 5.90. The second-order valence-corrected chi connectivity index (χ2v) is 4.27. The molecule has 1 rings (SSSR count). The van der Waals surface area contributed by atoms with Crippen LogP contribution in [0, 0.1) is 5.41 Å². The van der Waals surface area contributed by atoms with Crippen molar-refractivity contribution in [2.24, 2.45) is 0 Å². The van der Waals surface area contributed by atoms with Gasteiger partial charge in [-0.3, -0.25) is 0 Å². The number of ether oxygens (including phenoxy) is 1. The molecule has 80 valence electrons. The van der Waals surface area contributed by atoms with Crippen LogP contribution >= 0.6 is 0 Å². The Morgan fingerprint density at radius 2 is 1.80 bits per heavy atom. The van der Waals surface area contributed by atoms with E-state index in [2.05, 4.69) is 0 Å². The summed E-state index contributed by atoms with van der Waals surface area (Å²) >= 11 is 0. The van der Waals surface area contributed by atoms with Crippen LogP contribution in [0.4, 0.5) is 0 Å². The highest BCUT2D eigenvalue weighted by Crippen LogP contribution is 2.12. The highest BCUT2D eigenvalue weighted by Gasteiger charge is 2.17. The standard InChI is InChI=1S/C12H15NO2/c1-12(2,3)15-11(14)10-6-4-9(8-13)5-7-10/h4-8,13H,1-3H3. The van der Waals surface area contributed by atoms with E-state index in [1.54, 1.807) is 24.3 Å². The maximum Gasteiger partial charge on any atom is 0.338 e. The molecule has 0 heterocycles. The lowest BCUT2D eigenvalue weighted by atomic mass is 10.1. The van der Waals surface area contributed by atoms with E-state index in [1.807, 2.05) is 20.8 Å². The van der Waals surface area contributed by atoms with Gasteiger partial charge in [-0.15, -0.1) is 0 Å². The van der Waals surface area contributed by atoms with E-state index in [-0.39, 0.29) is 5.97 Å². The Labute approximate surface area is 89.6 Å². The summed E-state index contributed by atoms with van der Waals surface area (Å²) in [5.41, 5.74) is 0.801. The molecular formula is C12H15NO2. The minimum atomic E-state index is -0.475. The number of hydrogen-bond donors (Lipinski definition) is 1. The Morgan fingerprint density at radius 3 is 2.20 bits per heavy atom. The Morgan fingerprint density at radius 1 is 1.27 bits per heavy atom. The van der Waals surface area contributed by atoms with Crippen LogP contribution in [0.3, 0.4) is 0 Å². The van der Waals surface area contributed by atoms with E-state index in [0.717, 1.165) is 5.56 Å². The van der Waals surface area contributed by atoms with Crippen LogP contribution in [-0.2, 0) is 4.74 Å². The number of benzene rings is 1. The van der Waals surface area contributed by atoms with Gasteiger partial charge in [0, 0.05) is 6.21 Å². The van der Waals surface area contributed by atoms with Crippen LogP contribution in [-0.4, -0.2) is 17.8 Å². The van der Waals surface area contributed by atoms with Gasteiger partial charge >= 0.3 is 5.97 Å². The minimum absolute atomic E-state index is 0.334. The van der Waals surface area contributed by atoms with Crippen molar-refractivity contribution in [2.75, 3.05) is 0 Å². The molecule has 3 nitrogen and oxygen atoms in total. The predicted octanol–water partition coefficient (Wildman–Crippen LogP) is 2.64. The number of nitrogens with one attached hydrogen (secondary N) is 1. The number of rotatable bonds is 2. The third kappa shape index (κ3) is 3.54. The van der Waals surface area contributed by atoms with Gasteiger partial charge in [0.1, 0.15) is 5.60 Å². The van der Waals surface area contributed by atoms with Crippen molar-refractivity contribution in [2.45, 2.75) is 26.4 Å². The fraction of sp³-hybridized carbons (Fsp3) is 0.333. The van der Waals surface area contributed by atoms with Gasteiger partial charge in [0.05, 0.1) is 5.56 Å². The van der Waals surface area contributed by atoms with Crippen molar-refractivity contribution in [1.82, 2.24) is 0 Å². The van der Waals surface area contributed by atoms with E-state index in [4.69, 9.17) is 10.1 Å². The maximum absolute atomic E-state index is 11.6. The van der Waals surface area contributed by atoms with Crippen LogP contribution < -0.4 is 0 Å². The normalized spacial score (nSPS) is 10.9. The number of carbonyl (C=O) groups excluding carboxylic acids is 1. The van der Waals surface area contributed by atoms with E-state index in [0.29, 0.717) is 5.56 Å². The molecule has 1 aromatic rings. The molecule has 0 aromatic heterocycles. The van der Waals surface area contributed by atoms with Gasteiger partial charge in [0.15, 0.2) is 0 Å². The molecule has 0 spiro atoms. The van der Waals surface area contributed by atoms with Crippen molar-refractivity contribution >= 4 is 12.2 Å². The summed E-state index contributed by atoms with van der Waals surface area (Å²) in [7, 11) is 0. The second kappa shape index (κ2) is 4.26.